The van der Waals surface area contributed by atoms with Crippen LogP contribution in [0.2, 0.25) is 0 Å². The first-order valence-electron chi connectivity index (χ1n) is 12.0. The maximum absolute atomic E-state index is 5.25. The summed E-state index contributed by atoms with van der Waals surface area (Å²) in [7, 11) is 1.61. The monoisotopic (exact) mass is 475 g/mol. The van der Waals surface area contributed by atoms with Gasteiger partial charge in [0.1, 0.15) is 17.8 Å². The second-order valence-corrected chi connectivity index (χ2v) is 8.86. The van der Waals surface area contributed by atoms with Crippen LogP contribution in [0.15, 0.2) is 73.2 Å². The van der Waals surface area contributed by atoms with Gasteiger partial charge in [0.15, 0.2) is 5.82 Å². The van der Waals surface area contributed by atoms with Crippen molar-refractivity contribution in [3.05, 3.63) is 96.0 Å². The van der Waals surface area contributed by atoms with E-state index in [9.17, 15) is 0 Å². The number of rotatable bonds is 5. The van der Waals surface area contributed by atoms with Crippen molar-refractivity contribution in [2.45, 2.75) is 32.1 Å². The van der Waals surface area contributed by atoms with Crippen molar-refractivity contribution in [3.63, 3.8) is 0 Å². The molecule has 4 aromatic heterocycles. The van der Waals surface area contributed by atoms with Crippen molar-refractivity contribution < 1.29 is 4.74 Å². The molecule has 0 aliphatic heterocycles. The van der Waals surface area contributed by atoms with E-state index in [0.717, 1.165) is 59.1 Å². The van der Waals surface area contributed by atoms with E-state index in [1.165, 1.54) is 5.56 Å². The summed E-state index contributed by atoms with van der Waals surface area (Å²) in [6.45, 7) is 2.05. The summed E-state index contributed by atoms with van der Waals surface area (Å²) in [6, 6.07) is 19.9. The van der Waals surface area contributed by atoms with Crippen LogP contribution in [0, 0.1) is 6.92 Å². The summed E-state index contributed by atoms with van der Waals surface area (Å²) < 4.78 is 7.15. The molecule has 0 N–H and O–H groups in total. The first-order valence-corrected chi connectivity index (χ1v) is 12.0. The number of hydrogen-bond donors (Lipinski definition) is 0. The molecule has 1 aliphatic carbocycles. The average molecular weight is 476 g/mol. The molecule has 0 spiro atoms. The lowest BCUT2D eigenvalue weighted by Crippen LogP contribution is -2.19. The van der Waals surface area contributed by atoms with Gasteiger partial charge < -0.3 is 4.74 Å². The Hall–Kier alpha value is -4.46. The molecule has 0 saturated carbocycles. The first kappa shape index (κ1) is 22.0. The second kappa shape index (κ2) is 9.30. The second-order valence-electron chi connectivity index (χ2n) is 8.86. The molecule has 4 heterocycles. The minimum atomic E-state index is 0.169. The Labute approximate surface area is 209 Å². The van der Waals surface area contributed by atoms with Crippen molar-refractivity contribution in [2.24, 2.45) is 0 Å². The van der Waals surface area contributed by atoms with Gasteiger partial charge in [0, 0.05) is 28.9 Å². The molecular formula is C28H25N7O. The number of ether oxygens (including phenoxy) is 1. The minimum Gasteiger partial charge on any atom is -0.481 e. The Kier molecular flexibility index (Phi) is 5.69. The number of aryl methyl sites for hydroxylation is 2. The van der Waals surface area contributed by atoms with Crippen LogP contribution in [0.1, 0.15) is 35.1 Å². The number of fused-ring (bicyclic) bond motifs is 1. The summed E-state index contributed by atoms with van der Waals surface area (Å²) in [6.07, 6.45) is 6.06. The lowest BCUT2D eigenvalue weighted by molar-refractivity contribution is 0.397. The third-order valence-electron chi connectivity index (χ3n) is 6.65. The summed E-state index contributed by atoms with van der Waals surface area (Å²) in [5, 5.41) is 4.93. The quantitative estimate of drug-likeness (QED) is 0.362. The van der Waals surface area contributed by atoms with E-state index < -0.39 is 0 Å². The predicted molar refractivity (Wildman–Crippen MR) is 136 cm³/mol. The molecule has 36 heavy (non-hydrogen) atoms. The standard InChI is InChI=1S/C28H25N7O/c1-18-22-15-20(11-13-24(22)31-17-30-18)28-33-27(34-35(28)21-12-14-26(36-2)29-16-21)25-10-6-9-23(32-25)19-7-4-3-5-8-19/h3-10,12,14,16-17,20H,11,13,15H2,1-2H3. The Morgan fingerprint density at radius 2 is 1.75 bits per heavy atom. The van der Waals surface area contributed by atoms with Crippen LogP contribution in [0.4, 0.5) is 0 Å². The highest BCUT2D eigenvalue weighted by atomic mass is 16.5. The zero-order valence-electron chi connectivity index (χ0n) is 20.2. The molecule has 8 nitrogen and oxygen atoms in total. The van der Waals surface area contributed by atoms with Crippen molar-refractivity contribution in [1.29, 1.82) is 0 Å². The summed E-state index contributed by atoms with van der Waals surface area (Å²) in [5.41, 5.74) is 6.87. The van der Waals surface area contributed by atoms with Gasteiger partial charge in [-0.15, -0.1) is 5.10 Å². The lowest BCUT2D eigenvalue weighted by atomic mass is 9.85. The van der Waals surface area contributed by atoms with Gasteiger partial charge in [0.05, 0.1) is 24.7 Å². The van der Waals surface area contributed by atoms with E-state index in [2.05, 4.69) is 27.1 Å². The van der Waals surface area contributed by atoms with E-state index in [1.54, 1.807) is 19.6 Å². The van der Waals surface area contributed by atoms with Crippen molar-refractivity contribution in [2.75, 3.05) is 7.11 Å². The number of pyridine rings is 2. The summed E-state index contributed by atoms with van der Waals surface area (Å²) in [5.74, 6) is 2.20. The molecule has 0 radical (unpaired) electrons. The highest BCUT2D eigenvalue weighted by molar-refractivity contribution is 5.63. The fourth-order valence-electron chi connectivity index (χ4n) is 4.74. The van der Waals surface area contributed by atoms with Crippen LogP contribution in [-0.4, -0.2) is 41.8 Å². The molecule has 6 rings (SSSR count). The third-order valence-corrected chi connectivity index (χ3v) is 6.65. The van der Waals surface area contributed by atoms with E-state index in [0.29, 0.717) is 11.7 Å². The van der Waals surface area contributed by atoms with E-state index >= 15 is 0 Å². The zero-order valence-corrected chi connectivity index (χ0v) is 20.2. The molecule has 5 aromatic rings. The number of nitrogens with zero attached hydrogens (tertiary/aromatic N) is 7. The van der Waals surface area contributed by atoms with Crippen molar-refractivity contribution in [3.8, 4) is 34.3 Å². The molecule has 1 unspecified atom stereocenters. The predicted octanol–water partition coefficient (Wildman–Crippen LogP) is 4.77. The van der Waals surface area contributed by atoms with Gasteiger partial charge >= 0.3 is 0 Å². The SMILES string of the molecule is COc1ccc(-n2nc(-c3cccc(-c4ccccc4)n3)nc2C2CCc3ncnc(C)c3C2)cn1. The van der Waals surface area contributed by atoms with Crippen LogP contribution >= 0.6 is 0 Å². The molecule has 0 bridgehead atoms. The van der Waals surface area contributed by atoms with Gasteiger partial charge in [0.25, 0.3) is 0 Å². The Morgan fingerprint density at radius 1 is 0.889 bits per heavy atom. The highest BCUT2D eigenvalue weighted by Gasteiger charge is 2.28. The van der Waals surface area contributed by atoms with Crippen LogP contribution in [0.5, 0.6) is 5.88 Å². The van der Waals surface area contributed by atoms with Crippen molar-refractivity contribution >= 4 is 0 Å². The van der Waals surface area contributed by atoms with Gasteiger partial charge in [-0.2, -0.15) is 0 Å². The molecule has 1 aromatic carbocycles. The van der Waals surface area contributed by atoms with Crippen LogP contribution in [0.25, 0.3) is 28.5 Å². The topological polar surface area (TPSA) is 91.5 Å². The molecule has 1 atom stereocenters. The maximum atomic E-state index is 5.25. The van der Waals surface area contributed by atoms with Gasteiger partial charge in [-0.1, -0.05) is 36.4 Å². The summed E-state index contributed by atoms with van der Waals surface area (Å²) >= 11 is 0. The maximum Gasteiger partial charge on any atom is 0.213 e. The normalized spacial score (nSPS) is 14.9. The molecule has 0 fully saturated rings. The van der Waals surface area contributed by atoms with E-state index in [-0.39, 0.29) is 5.92 Å². The van der Waals surface area contributed by atoms with Gasteiger partial charge in [-0.3, -0.25) is 0 Å². The molecule has 1 aliphatic rings. The van der Waals surface area contributed by atoms with Gasteiger partial charge in [-0.25, -0.2) is 29.6 Å². The van der Waals surface area contributed by atoms with Crippen LogP contribution in [-0.2, 0) is 12.8 Å². The lowest BCUT2D eigenvalue weighted by Gasteiger charge is -2.24. The Balaban J connectivity index is 1.44. The number of hydrogen-bond acceptors (Lipinski definition) is 7. The highest BCUT2D eigenvalue weighted by Crippen LogP contribution is 2.34. The van der Waals surface area contributed by atoms with Gasteiger partial charge in [0.2, 0.25) is 5.88 Å². The fraction of sp³-hybridized carbons (Fsp3) is 0.214. The fourth-order valence-corrected chi connectivity index (χ4v) is 4.74. The third kappa shape index (κ3) is 4.11. The van der Waals surface area contributed by atoms with Crippen molar-refractivity contribution in [1.82, 2.24) is 34.7 Å². The Bertz CT molecular complexity index is 1510. The summed E-state index contributed by atoms with van der Waals surface area (Å²) in [4.78, 5) is 23.3. The van der Waals surface area contributed by atoms with E-state index in [1.807, 2.05) is 60.1 Å². The minimum absolute atomic E-state index is 0.169. The number of benzene rings is 1. The Morgan fingerprint density at radius 3 is 2.56 bits per heavy atom. The first-order chi connectivity index (χ1) is 17.7. The zero-order chi connectivity index (χ0) is 24.5. The molecule has 0 amide bonds. The molecule has 8 heteroatoms. The van der Waals surface area contributed by atoms with Crippen LogP contribution < -0.4 is 4.74 Å². The molecular weight excluding hydrogens is 450 g/mol. The number of methoxy groups -OCH3 is 1. The van der Waals surface area contributed by atoms with Gasteiger partial charge in [-0.05, 0) is 49.9 Å². The smallest absolute Gasteiger partial charge is 0.213 e. The molecule has 178 valence electrons. The largest absolute Gasteiger partial charge is 0.481 e. The van der Waals surface area contributed by atoms with Crippen LogP contribution in [0.3, 0.4) is 0 Å². The number of aromatic nitrogens is 7. The molecule has 0 saturated heterocycles. The van der Waals surface area contributed by atoms with E-state index in [4.69, 9.17) is 19.8 Å². The average Bonchev–Trinajstić information content (AvgIpc) is 3.39.